The van der Waals surface area contributed by atoms with Gasteiger partial charge in [-0.05, 0) is 12.8 Å². The largest absolute Gasteiger partial charge is 0.446 e. The normalized spacial score (nSPS) is 10.9. The van der Waals surface area contributed by atoms with E-state index in [2.05, 4.69) is 4.98 Å². The first-order valence-electron chi connectivity index (χ1n) is 6.31. The van der Waals surface area contributed by atoms with Crippen LogP contribution in [0.4, 0.5) is 0 Å². The fourth-order valence-electron chi connectivity index (χ4n) is 1.32. The first-order valence-corrected chi connectivity index (χ1v) is 6.31. The Bertz CT molecular complexity index is 207. The monoisotopic (exact) mass is 213 g/mol. The lowest BCUT2D eigenvalue weighted by molar-refractivity contribution is 0.477. The van der Waals surface area contributed by atoms with Crippen LogP contribution in [0.2, 0.25) is 0 Å². The van der Waals surface area contributed by atoms with Crippen molar-refractivity contribution in [3.63, 3.8) is 0 Å². The van der Waals surface area contributed by atoms with Crippen LogP contribution < -0.4 is 0 Å². The maximum Gasteiger partial charge on any atom is 0.191 e. The van der Waals surface area contributed by atoms with Crippen molar-refractivity contribution >= 4 is 0 Å². The second-order valence-corrected chi connectivity index (χ2v) is 2.46. The first-order chi connectivity index (χ1) is 7.36. The minimum absolute atomic E-state index is 0.819. The van der Waals surface area contributed by atoms with Gasteiger partial charge >= 0.3 is 0 Å². The van der Waals surface area contributed by atoms with Gasteiger partial charge in [0.1, 0.15) is 5.76 Å². The minimum Gasteiger partial charge on any atom is -0.446 e. The minimum atomic E-state index is 0.819. The molecule has 0 radical (unpaired) electrons. The lowest BCUT2D eigenvalue weighted by Crippen LogP contribution is -1.77. The molecule has 0 fully saturated rings. The van der Waals surface area contributed by atoms with Crippen molar-refractivity contribution in [2.75, 3.05) is 0 Å². The summed E-state index contributed by atoms with van der Waals surface area (Å²) in [6.45, 7) is 13.9. The Labute approximate surface area is 95.1 Å². The highest BCUT2D eigenvalue weighted by molar-refractivity contribution is 5.14. The van der Waals surface area contributed by atoms with E-state index < -0.39 is 0 Å². The fourth-order valence-corrected chi connectivity index (χ4v) is 1.32. The predicted octanol–water partition coefficient (Wildman–Crippen LogP) is 4.55. The molecule has 1 heterocycles. The molecule has 2 rings (SSSR count). The average Bonchev–Trinajstić information content (AvgIpc) is 2.86. The summed E-state index contributed by atoms with van der Waals surface area (Å²) in [5.41, 5.74) is 1.19. The van der Waals surface area contributed by atoms with Gasteiger partial charge in [0.2, 0.25) is 0 Å². The third kappa shape index (κ3) is 5.60. The maximum absolute atomic E-state index is 5.31. The molecule has 0 atom stereocenters. The van der Waals surface area contributed by atoms with Gasteiger partial charge in [-0.1, -0.05) is 41.5 Å². The van der Waals surface area contributed by atoms with Crippen LogP contribution in [-0.4, -0.2) is 4.98 Å². The summed E-state index contributed by atoms with van der Waals surface area (Å²) < 4.78 is 5.31. The summed E-state index contributed by atoms with van der Waals surface area (Å²) in [5.74, 6) is 1.94. The molecule has 1 aliphatic rings. The highest BCUT2D eigenvalue weighted by atomic mass is 16.4. The van der Waals surface area contributed by atoms with Crippen molar-refractivity contribution in [2.45, 2.75) is 67.7 Å². The van der Waals surface area contributed by atoms with Gasteiger partial charge < -0.3 is 4.42 Å². The maximum atomic E-state index is 5.31. The highest BCUT2D eigenvalue weighted by Gasteiger charge is 2.16. The van der Waals surface area contributed by atoms with Crippen molar-refractivity contribution in [1.82, 2.24) is 4.98 Å². The van der Waals surface area contributed by atoms with Crippen LogP contribution in [0, 0.1) is 6.92 Å². The molecule has 0 aromatic carbocycles. The van der Waals surface area contributed by atoms with Gasteiger partial charge in [0.05, 0.1) is 5.69 Å². The SMILES string of the molecule is CC.CC.CC.Cc1nc2c(o1)CCC2. The Morgan fingerprint density at radius 2 is 1.47 bits per heavy atom. The summed E-state index contributed by atoms with van der Waals surface area (Å²) in [4.78, 5) is 4.22. The Kier molecular flexibility index (Phi) is 12.5. The topological polar surface area (TPSA) is 26.0 Å². The molecule has 0 saturated heterocycles. The molecule has 0 spiro atoms. The van der Waals surface area contributed by atoms with Crippen molar-refractivity contribution in [3.05, 3.63) is 17.3 Å². The molecule has 2 heteroatoms. The van der Waals surface area contributed by atoms with Crippen LogP contribution in [0.1, 0.15) is 65.3 Å². The van der Waals surface area contributed by atoms with Crippen molar-refractivity contribution in [3.8, 4) is 0 Å². The number of oxazole rings is 1. The molecule has 2 nitrogen and oxygen atoms in total. The molecule has 0 amide bonds. The number of rotatable bonds is 0. The summed E-state index contributed by atoms with van der Waals surface area (Å²) in [6.07, 6.45) is 3.43. The van der Waals surface area contributed by atoms with Gasteiger partial charge in [0.15, 0.2) is 5.89 Å². The van der Waals surface area contributed by atoms with Crippen molar-refractivity contribution in [2.24, 2.45) is 0 Å². The highest BCUT2D eigenvalue weighted by Crippen LogP contribution is 2.21. The number of fused-ring (bicyclic) bond motifs is 1. The lowest BCUT2D eigenvalue weighted by atomic mass is 10.4. The Hall–Kier alpha value is -0.790. The van der Waals surface area contributed by atoms with Gasteiger partial charge in [-0.3, -0.25) is 0 Å². The molecule has 15 heavy (non-hydrogen) atoms. The molecule has 0 saturated carbocycles. The van der Waals surface area contributed by atoms with E-state index in [0.29, 0.717) is 0 Å². The van der Waals surface area contributed by atoms with E-state index in [4.69, 9.17) is 4.42 Å². The van der Waals surface area contributed by atoms with Crippen LogP contribution in [0.5, 0.6) is 0 Å². The Morgan fingerprint density at radius 3 is 1.93 bits per heavy atom. The molecular formula is C13H27NO. The zero-order valence-electron chi connectivity index (χ0n) is 11.5. The number of aromatic nitrogens is 1. The first kappa shape index (κ1) is 16.6. The summed E-state index contributed by atoms with van der Waals surface area (Å²) in [7, 11) is 0. The van der Waals surface area contributed by atoms with E-state index in [0.717, 1.165) is 24.5 Å². The average molecular weight is 213 g/mol. The van der Waals surface area contributed by atoms with Gasteiger partial charge in [0.25, 0.3) is 0 Å². The molecule has 0 bridgehead atoms. The van der Waals surface area contributed by atoms with Crippen LogP contribution >= 0.6 is 0 Å². The Balaban J connectivity index is 0. The summed E-state index contributed by atoms with van der Waals surface area (Å²) in [6, 6.07) is 0. The van der Waals surface area contributed by atoms with E-state index >= 15 is 0 Å². The number of nitrogens with zero attached hydrogens (tertiary/aromatic N) is 1. The molecular weight excluding hydrogens is 186 g/mol. The number of hydrogen-bond donors (Lipinski definition) is 0. The second-order valence-electron chi connectivity index (χ2n) is 2.46. The van der Waals surface area contributed by atoms with Gasteiger partial charge in [-0.2, -0.15) is 0 Å². The smallest absolute Gasteiger partial charge is 0.191 e. The van der Waals surface area contributed by atoms with E-state index in [1.807, 2.05) is 48.5 Å². The zero-order valence-corrected chi connectivity index (χ0v) is 11.5. The molecule has 0 N–H and O–H groups in total. The van der Waals surface area contributed by atoms with Gasteiger partial charge in [0, 0.05) is 13.3 Å². The molecule has 1 aromatic rings. The quantitative estimate of drug-likeness (QED) is 0.632. The third-order valence-electron chi connectivity index (χ3n) is 1.70. The summed E-state index contributed by atoms with van der Waals surface area (Å²) in [5, 5.41) is 0. The van der Waals surface area contributed by atoms with Crippen molar-refractivity contribution < 1.29 is 4.42 Å². The van der Waals surface area contributed by atoms with E-state index in [-0.39, 0.29) is 0 Å². The van der Waals surface area contributed by atoms with E-state index in [1.165, 1.54) is 12.1 Å². The predicted molar refractivity (Wildman–Crippen MR) is 67.3 cm³/mol. The van der Waals surface area contributed by atoms with Crippen molar-refractivity contribution in [1.29, 1.82) is 0 Å². The van der Waals surface area contributed by atoms with Crippen LogP contribution in [0.15, 0.2) is 4.42 Å². The standard InChI is InChI=1S/C7H9NO.3C2H6/c1-5-8-6-3-2-4-7(6)9-5;3*1-2/h2-4H2,1H3;3*1-2H3. The number of hydrogen-bond acceptors (Lipinski definition) is 2. The van der Waals surface area contributed by atoms with E-state index in [9.17, 15) is 0 Å². The summed E-state index contributed by atoms with van der Waals surface area (Å²) >= 11 is 0. The number of aryl methyl sites for hydroxylation is 3. The second kappa shape index (κ2) is 11.3. The fraction of sp³-hybridized carbons (Fsp3) is 0.769. The lowest BCUT2D eigenvalue weighted by Gasteiger charge is -1.81. The van der Waals surface area contributed by atoms with Crippen LogP contribution in [-0.2, 0) is 12.8 Å². The molecule has 1 aromatic heterocycles. The van der Waals surface area contributed by atoms with Crippen LogP contribution in [0.3, 0.4) is 0 Å². The third-order valence-corrected chi connectivity index (χ3v) is 1.70. The molecule has 0 aliphatic heterocycles. The van der Waals surface area contributed by atoms with E-state index in [1.54, 1.807) is 0 Å². The van der Waals surface area contributed by atoms with Gasteiger partial charge in [-0.25, -0.2) is 4.98 Å². The van der Waals surface area contributed by atoms with Gasteiger partial charge in [-0.15, -0.1) is 0 Å². The molecule has 1 aliphatic carbocycles. The molecule has 90 valence electrons. The molecule has 0 unspecified atom stereocenters. The van der Waals surface area contributed by atoms with Crippen LogP contribution in [0.25, 0.3) is 0 Å². The Morgan fingerprint density at radius 1 is 0.933 bits per heavy atom. The zero-order chi connectivity index (χ0) is 12.3.